The summed E-state index contributed by atoms with van der Waals surface area (Å²) < 4.78 is 5.15. The second-order valence-corrected chi connectivity index (χ2v) is 4.67. The molecule has 1 aliphatic carbocycles. The maximum absolute atomic E-state index is 10.9. The molecule has 2 rings (SSSR count). The van der Waals surface area contributed by atoms with Crippen LogP contribution in [-0.2, 0) is 11.3 Å². The van der Waals surface area contributed by atoms with Crippen LogP contribution in [0.25, 0.3) is 0 Å². The van der Waals surface area contributed by atoms with Gasteiger partial charge in [-0.15, -0.1) is 0 Å². The predicted octanol–water partition coefficient (Wildman–Crippen LogP) is 1.81. The van der Waals surface area contributed by atoms with E-state index in [1.54, 1.807) is 0 Å². The Labute approximate surface area is 100 Å². The fourth-order valence-corrected chi connectivity index (χ4v) is 2.45. The largest absolute Gasteiger partial charge is 0.480 e. The molecule has 0 unspecified atom stereocenters. The number of nitrogens with zero attached hydrogens (tertiary/aromatic N) is 2. The van der Waals surface area contributed by atoms with Gasteiger partial charge in [-0.25, -0.2) is 0 Å². The van der Waals surface area contributed by atoms with Crippen molar-refractivity contribution in [3.05, 3.63) is 17.5 Å². The second kappa shape index (κ2) is 5.31. The van der Waals surface area contributed by atoms with E-state index < -0.39 is 5.97 Å². The lowest BCUT2D eigenvalue weighted by Crippen LogP contribution is -2.36. The minimum absolute atomic E-state index is 0.0738. The van der Waals surface area contributed by atoms with Gasteiger partial charge in [-0.3, -0.25) is 9.69 Å². The Morgan fingerprint density at radius 3 is 2.82 bits per heavy atom. The van der Waals surface area contributed by atoms with Crippen LogP contribution in [0.5, 0.6) is 0 Å². The Hall–Kier alpha value is -1.36. The number of aryl methyl sites for hydroxylation is 1. The molecule has 94 valence electrons. The summed E-state index contributed by atoms with van der Waals surface area (Å²) in [5, 5.41) is 12.8. The normalized spacial score (nSPS) is 16.8. The smallest absolute Gasteiger partial charge is 0.317 e. The summed E-state index contributed by atoms with van der Waals surface area (Å²) in [5.74, 6) is -0.0382. The van der Waals surface area contributed by atoms with E-state index >= 15 is 0 Å². The molecule has 17 heavy (non-hydrogen) atoms. The second-order valence-electron chi connectivity index (χ2n) is 4.67. The van der Waals surface area contributed by atoms with E-state index in [4.69, 9.17) is 9.63 Å². The van der Waals surface area contributed by atoms with Crippen molar-refractivity contribution in [1.29, 1.82) is 0 Å². The molecule has 1 aromatic heterocycles. The fraction of sp³-hybridized carbons (Fsp3) is 0.667. The molecule has 0 radical (unpaired) electrons. The van der Waals surface area contributed by atoms with E-state index in [-0.39, 0.29) is 6.54 Å². The minimum atomic E-state index is -0.784. The molecule has 0 saturated heterocycles. The summed E-state index contributed by atoms with van der Waals surface area (Å²) in [5.41, 5.74) is 0.835. The molecule has 5 heteroatoms. The average molecular weight is 238 g/mol. The van der Waals surface area contributed by atoms with Crippen molar-refractivity contribution in [3.63, 3.8) is 0 Å². The van der Waals surface area contributed by atoms with Crippen molar-refractivity contribution >= 4 is 5.97 Å². The Balaban J connectivity index is 2.01. The topological polar surface area (TPSA) is 66.6 Å². The molecule has 0 aliphatic heterocycles. The van der Waals surface area contributed by atoms with Gasteiger partial charge in [0.2, 0.25) is 0 Å². The van der Waals surface area contributed by atoms with Gasteiger partial charge in [-0.1, -0.05) is 18.0 Å². The SMILES string of the molecule is Cc1cc(CN(CC(=O)O)C2CCCC2)on1. The van der Waals surface area contributed by atoms with Gasteiger partial charge >= 0.3 is 5.97 Å². The van der Waals surface area contributed by atoms with Crippen LogP contribution in [0.4, 0.5) is 0 Å². The summed E-state index contributed by atoms with van der Waals surface area (Å²) in [6.45, 7) is 2.48. The summed E-state index contributed by atoms with van der Waals surface area (Å²) in [6, 6.07) is 2.24. The molecule has 0 atom stereocenters. The van der Waals surface area contributed by atoms with Crippen LogP contribution in [0.15, 0.2) is 10.6 Å². The molecule has 1 saturated carbocycles. The maximum atomic E-state index is 10.9. The molecule has 1 fully saturated rings. The van der Waals surface area contributed by atoms with Crippen LogP contribution < -0.4 is 0 Å². The Kier molecular flexibility index (Phi) is 3.78. The molecule has 5 nitrogen and oxygen atoms in total. The highest BCUT2D eigenvalue weighted by atomic mass is 16.5. The quantitative estimate of drug-likeness (QED) is 0.847. The van der Waals surface area contributed by atoms with E-state index in [1.807, 2.05) is 17.9 Å². The van der Waals surface area contributed by atoms with E-state index in [0.29, 0.717) is 12.6 Å². The Morgan fingerprint density at radius 1 is 1.59 bits per heavy atom. The maximum Gasteiger partial charge on any atom is 0.317 e. The standard InChI is InChI=1S/C12H18N2O3/c1-9-6-11(17-13-9)7-14(8-12(15)16)10-4-2-3-5-10/h6,10H,2-5,7-8H2,1H3,(H,15,16). The van der Waals surface area contributed by atoms with Gasteiger partial charge in [0.15, 0.2) is 5.76 Å². The fourth-order valence-electron chi connectivity index (χ4n) is 2.45. The van der Waals surface area contributed by atoms with Crippen LogP contribution >= 0.6 is 0 Å². The number of carboxylic acid groups (broad SMARTS) is 1. The van der Waals surface area contributed by atoms with E-state index in [2.05, 4.69) is 5.16 Å². The van der Waals surface area contributed by atoms with Crippen molar-refractivity contribution in [1.82, 2.24) is 10.1 Å². The van der Waals surface area contributed by atoms with Crippen molar-refractivity contribution in [2.75, 3.05) is 6.54 Å². The van der Waals surface area contributed by atoms with Gasteiger partial charge < -0.3 is 9.63 Å². The van der Waals surface area contributed by atoms with Gasteiger partial charge in [0.25, 0.3) is 0 Å². The van der Waals surface area contributed by atoms with Gasteiger partial charge in [-0.05, 0) is 19.8 Å². The van der Waals surface area contributed by atoms with E-state index in [9.17, 15) is 4.79 Å². The number of carboxylic acids is 1. The first-order valence-corrected chi connectivity index (χ1v) is 6.03. The average Bonchev–Trinajstić information content (AvgIpc) is 2.87. The van der Waals surface area contributed by atoms with Crippen LogP contribution in [0.2, 0.25) is 0 Å². The third-order valence-electron chi connectivity index (χ3n) is 3.22. The lowest BCUT2D eigenvalue weighted by atomic mass is 10.2. The van der Waals surface area contributed by atoms with E-state index in [0.717, 1.165) is 24.3 Å². The third kappa shape index (κ3) is 3.30. The number of hydrogen-bond acceptors (Lipinski definition) is 4. The zero-order valence-electron chi connectivity index (χ0n) is 10.1. The molecule has 1 aliphatic rings. The zero-order chi connectivity index (χ0) is 12.3. The van der Waals surface area contributed by atoms with Crippen LogP contribution in [-0.4, -0.2) is 33.7 Å². The zero-order valence-corrected chi connectivity index (χ0v) is 10.1. The van der Waals surface area contributed by atoms with Gasteiger partial charge in [0.1, 0.15) is 0 Å². The number of hydrogen-bond donors (Lipinski definition) is 1. The van der Waals surface area contributed by atoms with Gasteiger partial charge in [-0.2, -0.15) is 0 Å². The monoisotopic (exact) mass is 238 g/mol. The van der Waals surface area contributed by atoms with Crippen LogP contribution in [0, 0.1) is 6.92 Å². The first-order chi connectivity index (χ1) is 8.15. The van der Waals surface area contributed by atoms with Crippen molar-refractivity contribution < 1.29 is 14.4 Å². The predicted molar refractivity (Wildman–Crippen MR) is 61.5 cm³/mol. The summed E-state index contributed by atoms with van der Waals surface area (Å²) in [7, 11) is 0. The summed E-state index contributed by atoms with van der Waals surface area (Å²) >= 11 is 0. The van der Waals surface area contributed by atoms with Crippen molar-refractivity contribution in [3.8, 4) is 0 Å². The van der Waals surface area contributed by atoms with Crippen LogP contribution in [0.3, 0.4) is 0 Å². The molecule has 1 aromatic rings. The Morgan fingerprint density at radius 2 is 2.29 bits per heavy atom. The van der Waals surface area contributed by atoms with Crippen molar-refractivity contribution in [2.24, 2.45) is 0 Å². The highest BCUT2D eigenvalue weighted by Crippen LogP contribution is 2.24. The summed E-state index contributed by atoms with van der Waals surface area (Å²) in [6.07, 6.45) is 4.55. The molecular weight excluding hydrogens is 220 g/mol. The molecule has 1 heterocycles. The highest BCUT2D eigenvalue weighted by molar-refractivity contribution is 5.69. The number of aliphatic carboxylic acids is 1. The summed E-state index contributed by atoms with van der Waals surface area (Å²) in [4.78, 5) is 12.9. The number of rotatable bonds is 5. The molecule has 0 bridgehead atoms. The van der Waals surface area contributed by atoms with Gasteiger partial charge in [0, 0.05) is 12.1 Å². The third-order valence-corrected chi connectivity index (χ3v) is 3.22. The van der Waals surface area contributed by atoms with Gasteiger partial charge in [0.05, 0.1) is 18.8 Å². The minimum Gasteiger partial charge on any atom is -0.480 e. The molecule has 0 spiro atoms. The number of aromatic nitrogens is 1. The van der Waals surface area contributed by atoms with Crippen molar-refractivity contribution in [2.45, 2.75) is 45.2 Å². The Bertz CT molecular complexity index is 383. The van der Waals surface area contributed by atoms with E-state index in [1.165, 1.54) is 12.8 Å². The highest BCUT2D eigenvalue weighted by Gasteiger charge is 2.25. The lowest BCUT2D eigenvalue weighted by molar-refractivity contribution is -0.139. The molecule has 1 N–H and O–H groups in total. The lowest BCUT2D eigenvalue weighted by Gasteiger charge is -2.25. The number of carbonyl (C=O) groups is 1. The molecule has 0 amide bonds. The molecular formula is C12H18N2O3. The molecule has 0 aromatic carbocycles. The first kappa shape index (κ1) is 12.1. The van der Waals surface area contributed by atoms with Crippen LogP contribution in [0.1, 0.15) is 37.1 Å². The first-order valence-electron chi connectivity index (χ1n) is 6.03.